The van der Waals surface area contributed by atoms with Gasteiger partial charge in [-0.3, -0.25) is 42.5 Å². The van der Waals surface area contributed by atoms with E-state index in [1.54, 1.807) is 23.1 Å². The average molecular weight is 630 g/mol. The number of hydrogen-bond acceptors (Lipinski definition) is 15. The van der Waals surface area contributed by atoms with Crippen LogP contribution in [0.2, 0.25) is 0 Å². The van der Waals surface area contributed by atoms with E-state index in [9.17, 15) is 18.9 Å². The third-order valence-electron chi connectivity index (χ3n) is 5.27. The average Bonchev–Trinajstić information content (AvgIpc) is 3.20. The molecule has 0 radical (unpaired) electrons. The zero-order valence-corrected chi connectivity index (χ0v) is 24.2. The van der Waals surface area contributed by atoms with Gasteiger partial charge in [0.25, 0.3) is 11.8 Å². The van der Waals surface area contributed by atoms with Gasteiger partial charge in [-0.1, -0.05) is 12.5 Å². The summed E-state index contributed by atoms with van der Waals surface area (Å²) in [6, 6.07) is 5.14. The van der Waals surface area contributed by atoms with Crippen molar-refractivity contribution >= 4 is 43.2 Å². The zero-order chi connectivity index (χ0) is 29.5. The van der Waals surface area contributed by atoms with Crippen molar-refractivity contribution in [3.63, 3.8) is 0 Å². The number of hydrogen-bond donors (Lipinski definition) is 5. The summed E-state index contributed by atoms with van der Waals surface area (Å²) in [5.74, 6) is -1.77. The monoisotopic (exact) mass is 630 g/mol. The lowest BCUT2D eigenvalue weighted by Gasteiger charge is -2.23. The SMILES string of the molecule is O=C(CCCCCN(CO[PH](=O)O)Cc1cccc(CN(COP(O)O)COP(O)O)n1)ON1C(=O)CCC1=O. The first-order valence-corrected chi connectivity index (χ1v) is 15.6. The predicted octanol–water partition coefficient (Wildman–Crippen LogP) is 0.580. The molecule has 0 aliphatic carbocycles. The summed E-state index contributed by atoms with van der Waals surface area (Å²) in [4.78, 5) is 92.6. The molecule has 1 saturated heterocycles. The number of imide groups is 1. The van der Waals surface area contributed by atoms with Gasteiger partial charge in [-0.05, 0) is 25.0 Å². The molecule has 2 amide bonds. The fraction of sp³-hybridized carbons (Fsp3) is 0.600. The second-order valence-corrected chi connectivity index (χ2v) is 10.8. The lowest BCUT2D eigenvalue weighted by Crippen LogP contribution is -2.32. The number of amides is 2. The van der Waals surface area contributed by atoms with Gasteiger partial charge in [0.1, 0.15) is 20.2 Å². The Labute approximate surface area is 233 Å². The highest BCUT2D eigenvalue weighted by Gasteiger charge is 2.32. The molecule has 1 aliphatic rings. The van der Waals surface area contributed by atoms with E-state index in [1.807, 2.05) is 0 Å². The molecule has 40 heavy (non-hydrogen) atoms. The van der Waals surface area contributed by atoms with Gasteiger partial charge in [0, 0.05) is 38.9 Å². The number of aromatic nitrogens is 1. The minimum Gasteiger partial charge on any atom is -0.330 e. The van der Waals surface area contributed by atoms with Crippen molar-refractivity contribution in [2.75, 3.05) is 26.7 Å². The van der Waals surface area contributed by atoms with E-state index in [2.05, 4.69) is 4.98 Å². The van der Waals surface area contributed by atoms with Crippen LogP contribution in [0.5, 0.6) is 0 Å². The van der Waals surface area contributed by atoms with Gasteiger partial charge in [-0.15, -0.1) is 5.06 Å². The summed E-state index contributed by atoms with van der Waals surface area (Å²) in [7, 11) is -8.46. The second-order valence-electron chi connectivity index (χ2n) is 8.42. The molecular weight excluding hydrogens is 597 g/mol. The van der Waals surface area contributed by atoms with Crippen molar-refractivity contribution in [3.8, 4) is 0 Å². The van der Waals surface area contributed by atoms with Gasteiger partial charge in [0.05, 0.1) is 11.4 Å². The molecule has 0 spiro atoms. The zero-order valence-electron chi connectivity index (χ0n) is 21.4. The number of carbonyl (C=O) groups is 3. The molecule has 1 fully saturated rings. The number of nitrogens with zero attached hydrogens (tertiary/aromatic N) is 4. The first-order valence-electron chi connectivity index (χ1n) is 12.0. The topological polar surface area (TPSA) is 229 Å². The van der Waals surface area contributed by atoms with Crippen LogP contribution in [0.3, 0.4) is 0 Å². The standard InChI is InChI=1S/C20H33N4O13P3/c25-18-8-9-19(26)24(18)37-20(27)7-2-1-3-10-22(13-34-38(28)29)11-16-5-4-6-17(21-16)12-23(14-35-39(30)31)15-36-40(32)33/h4-6,30-33,38H,1-3,7-15H2,(H,28,29). The normalized spacial score (nSPS) is 14.8. The number of pyridine rings is 1. The summed E-state index contributed by atoms with van der Waals surface area (Å²) in [6.07, 6.45) is 1.65. The van der Waals surface area contributed by atoms with Crippen LogP contribution in [-0.4, -0.2) is 88.8 Å². The number of carbonyl (C=O) groups excluding carboxylic acids is 3. The van der Waals surface area contributed by atoms with Gasteiger partial charge < -0.3 is 29.3 Å². The van der Waals surface area contributed by atoms with E-state index in [4.69, 9.17) is 42.9 Å². The summed E-state index contributed by atoms with van der Waals surface area (Å²) >= 11 is 0. The summed E-state index contributed by atoms with van der Waals surface area (Å²) in [6.45, 7) is 0.0655. The van der Waals surface area contributed by atoms with E-state index in [0.717, 1.165) is 0 Å². The molecule has 0 saturated carbocycles. The van der Waals surface area contributed by atoms with Crippen LogP contribution in [0.25, 0.3) is 0 Å². The lowest BCUT2D eigenvalue weighted by molar-refractivity contribution is -0.197. The molecule has 20 heteroatoms. The Kier molecular flexibility index (Phi) is 16.3. The molecule has 1 aromatic heterocycles. The van der Waals surface area contributed by atoms with Gasteiger partial charge in [0.2, 0.25) is 0 Å². The molecule has 1 atom stereocenters. The number of rotatable bonds is 20. The van der Waals surface area contributed by atoms with Crippen LogP contribution >= 0.6 is 25.5 Å². The van der Waals surface area contributed by atoms with Crippen molar-refractivity contribution in [2.45, 2.75) is 51.6 Å². The minimum atomic E-state index is -3.18. The first kappa shape index (κ1) is 34.7. The molecule has 1 aliphatic heterocycles. The maximum absolute atomic E-state index is 11.9. The molecule has 0 bridgehead atoms. The van der Waals surface area contributed by atoms with Crippen LogP contribution in [0.1, 0.15) is 49.9 Å². The molecule has 17 nitrogen and oxygen atoms in total. The highest BCUT2D eigenvalue weighted by atomic mass is 31.2. The number of unbranched alkanes of at least 4 members (excludes halogenated alkanes) is 2. The first-order chi connectivity index (χ1) is 19.0. The van der Waals surface area contributed by atoms with Crippen molar-refractivity contribution in [3.05, 3.63) is 29.6 Å². The van der Waals surface area contributed by atoms with Crippen molar-refractivity contribution < 1.29 is 61.8 Å². The van der Waals surface area contributed by atoms with Gasteiger partial charge in [0.15, 0.2) is 0 Å². The Morgan fingerprint density at radius 2 is 1.50 bits per heavy atom. The van der Waals surface area contributed by atoms with Crippen molar-refractivity contribution in [1.29, 1.82) is 0 Å². The van der Waals surface area contributed by atoms with Gasteiger partial charge >= 0.3 is 31.4 Å². The van der Waals surface area contributed by atoms with Crippen LogP contribution in [0.15, 0.2) is 18.2 Å². The Hall–Kier alpha value is -1.55. The Balaban J connectivity index is 1.87. The molecule has 1 unspecified atom stereocenters. The van der Waals surface area contributed by atoms with Gasteiger partial charge in [-0.2, -0.15) is 0 Å². The van der Waals surface area contributed by atoms with Crippen LogP contribution in [0, 0.1) is 0 Å². The summed E-state index contributed by atoms with van der Waals surface area (Å²) in [5, 5.41) is 0.506. The van der Waals surface area contributed by atoms with Crippen LogP contribution < -0.4 is 0 Å². The van der Waals surface area contributed by atoms with E-state index in [0.29, 0.717) is 42.3 Å². The van der Waals surface area contributed by atoms with E-state index < -0.39 is 43.2 Å². The highest BCUT2D eigenvalue weighted by molar-refractivity contribution is 7.39. The predicted molar refractivity (Wildman–Crippen MR) is 138 cm³/mol. The molecule has 2 rings (SSSR count). The quantitative estimate of drug-likeness (QED) is 0.0574. The third-order valence-corrected chi connectivity index (χ3v) is 6.34. The Bertz CT molecular complexity index is 963. The summed E-state index contributed by atoms with van der Waals surface area (Å²) < 4.78 is 25.6. The maximum Gasteiger partial charge on any atom is 0.333 e. The smallest absolute Gasteiger partial charge is 0.330 e. The minimum absolute atomic E-state index is 0.00831. The van der Waals surface area contributed by atoms with Crippen LogP contribution in [0.4, 0.5) is 0 Å². The molecule has 2 heterocycles. The molecule has 0 aromatic carbocycles. The Morgan fingerprint density at radius 3 is 2.05 bits per heavy atom. The number of hydroxylamine groups is 2. The van der Waals surface area contributed by atoms with E-state index in [-0.39, 0.29) is 52.5 Å². The Morgan fingerprint density at radius 1 is 0.925 bits per heavy atom. The fourth-order valence-electron chi connectivity index (χ4n) is 3.48. The summed E-state index contributed by atoms with van der Waals surface area (Å²) in [5.41, 5.74) is 1.11. The molecule has 1 aromatic rings. The van der Waals surface area contributed by atoms with E-state index >= 15 is 0 Å². The highest BCUT2D eigenvalue weighted by Crippen LogP contribution is 2.27. The van der Waals surface area contributed by atoms with Crippen molar-refractivity contribution in [1.82, 2.24) is 19.8 Å². The van der Waals surface area contributed by atoms with E-state index in [1.165, 1.54) is 4.90 Å². The molecular formula is C20H33N4O13P3. The fourth-order valence-corrected chi connectivity index (χ4v) is 4.31. The van der Waals surface area contributed by atoms with Crippen molar-refractivity contribution in [2.24, 2.45) is 0 Å². The molecule has 5 N–H and O–H groups in total. The lowest BCUT2D eigenvalue weighted by atomic mass is 10.2. The maximum atomic E-state index is 11.9. The molecule has 226 valence electrons. The second kappa shape index (κ2) is 18.8. The van der Waals surface area contributed by atoms with Gasteiger partial charge in [-0.25, -0.2) is 4.79 Å². The van der Waals surface area contributed by atoms with Crippen LogP contribution in [-0.2, 0) is 50.4 Å². The largest absolute Gasteiger partial charge is 0.333 e. The third kappa shape index (κ3) is 14.4.